The molecule has 1 amide bonds. The summed E-state index contributed by atoms with van der Waals surface area (Å²) in [4.78, 5) is 16.2. The van der Waals surface area contributed by atoms with E-state index in [9.17, 15) is 9.18 Å². The largest absolute Gasteiger partial charge is 0.344 e. The molecule has 1 aliphatic heterocycles. The smallest absolute Gasteiger partial charge is 0.320 e. The fourth-order valence-electron chi connectivity index (χ4n) is 2.63. The highest BCUT2D eigenvalue weighted by molar-refractivity contribution is 5.76. The first-order valence-corrected chi connectivity index (χ1v) is 7.40. The summed E-state index contributed by atoms with van der Waals surface area (Å²) in [6.45, 7) is 5.22. The molecule has 2 heterocycles. The van der Waals surface area contributed by atoms with Crippen LogP contribution >= 0.6 is 0 Å². The van der Waals surface area contributed by atoms with Gasteiger partial charge in [-0.05, 0) is 18.6 Å². The molecule has 5 nitrogen and oxygen atoms in total. The molecule has 3 rings (SSSR count). The van der Waals surface area contributed by atoms with Crippen molar-refractivity contribution in [2.75, 3.05) is 26.2 Å². The number of aromatic nitrogens is 2. The van der Waals surface area contributed by atoms with Gasteiger partial charge in [-0.2, -0.15) is 9.78 Å². The summed E-state index contributed by atoms with van der Waals surface area (Å²) in [5.74, 6) is -0.173. The second-order valence-electron chi connectivity index (χ2n) is 5.60. The molecule has 1 aromatic carbocycles. The Bertz CT molecular complexity index is 662. The minimum absolute atomic E-state index is 0.0985. The maximum absolute atomic E-state index is 13.7. The van der Waals surface area contributed by atoms with E-state index in [0.29, 0.717) is 25.2 Å². The topological polar surface area (TPSA) is 41.4 Å². The number of piperazine rings is 1. The quantitative estimate of drug-likeness (QED) is 0.853. The van der Waals surface area contributed by atoms with Crippen molar-refractivity contribution in [2.45, 2.75) is 13.5 Å². The molecular formula is C16H19FN4O. The van der Waals surface area contributed by atoms with Crippen LogP contribution in [0.1, 0.15) is 11.1 Å². The zero-order chi connectivity index (χ0) is 15.5. The molecule has 0 unspecified atom stereocenters. The van der Waals surface area contributed by atoms with E-state index in [1.54, 1.807) is 29.4 Å². The van der Waals surface area contributed by atoms with Gasteiger partial charge in [0.15, 0.2) is 0 Å². The second-order valence-corrected chi connectivity index (χ2v) is 5.60. The number of rotatable bonds is 2. The minimum atomic E-state index is -0.173. The Kier molecular flexibility index (Phi) is 4.20. The van der Waals surface area contributed by atoms with Gasteiger partial charge in [-0.15, -0.1) is 0 Å². The third kappa shape index (κ3) is 3.17. The number of hydrogen-bond donors (Lipinski definition) is 0. The van der Waals surface area contributed by atoms with Crippen molar-refractivity contribution in [1.29, 1.82) is 0 Å². The molecule has 0 saturated carbocycles. The zero-order valence-corrected chi connectivity index (χ0v) is 12.6. The fourth-order valence-corrected chi connectivity index (χ4v) is 2.63. The summed E-state index contributed by atoms with van der Waals surface area (Å²) >= 11 is 0. The molecule has 22 heavy (non-hydrogen) atoms. The number of carbonyl (C=O) groups is 1. The number of hydrogen-bond acceptors (Lipinski definition) is 3. The van der Waals surface area contributed by atoms with Crippen molar-refractivity contribution in [3.63, 3.8) is 0 Å². The van der Waals surface area contributed by atoms with Crippen molar-refractivity contribution in [2.24, 2.45) is 0 Å². The van der Waals surface area contributed by atoms with Crippen molar-refractivity contribution < 1.29 is 9.18 Å². The molecular weight excluding hydrogens is 283 g/mol. The molecule has 1 saturated heterocycles. The van der Waals surface area contributed by atoms with E-state index in [-0.39, 0.29) is 11.8 Å². The van der Waals surface area contributed by atoms with Gasteiger partial charge in [0.25, 0.3) is 0 Å². The maximum Gasteiger partial charge on any atom is 0.344 e. The molecule has 0 atom stereocenters. The Morgan fingerprint density at radius 1 is 1.23 bits per heavy atom. The average Bonchev–Trinajstić information content (AvgIpc) is 2.96. The van der Waals surface area contributed by atoms with Crippen LogP contribution in [0.15, 0.2) is 36.7 Å². The predicted octanol–water partition coefficient (Wildman–Crippen LogP) is 2.12. The van der Waals surface area contributed by atoms with Crippen molar-refractivity contribution in [3.05, 3.63) is 53.6 Å². The molecule has 0 radical (unpaired) electrons. The highest BCUT2D eigenvalue weighted by Gasteiger charge is 2.23. The van der Waals surface area contributed by atoms with E-state index in [4.69, 9.17) is 0 Å². The SMILES string of the molecule is Cc1cnn(C(=O)N2CCN(Cc3ccccc3F)CC2)c1. The molecule has 1 fully saturated rings. The van der Waals surface area contributed by atoms with Crippen LogP contribution in [0.2, 0.25) is 0 Å². The fraction of sp³-hybridized carbons (Fsp3) is 0.375. The lowest BCUT2D eigenvalue weighted by atomic mass is 10.2. The van der Waals surface area contributed by atoms with E-state index in [0.717, 1.165) is 18.7 Å². The van der Waals surface area contributed by atoms with Gasteiger partial charge >= 0.3 is 6.03 Å². The molecule has 6 heteroatoms. The summed E-state index contributed by atoms with van der Waals surface area (Å²) in [6.07, 6.45) is 3.40. The Morgan fingerprint density at radius 2 is 1.95 bits per heavy atom. The van der Waals surface area contributed by atoms with Crippen molar-refractivity contribution in [3.8, 4) is 0 Å². The standard InChI is InChI=1S/C16H19FN4O/c1-13-10-18-21(11-13)16(22)20-8-6-19(7-9-20)12-14-4-2-3-5-15(14)17/h2-5,10-11H,6-9,12H2,1H3. The van der Waals surface area contributed by atoms with Gasteiger partial charge < -0.3 is 4.90 Å². The van der Waals surface area contributed by atoms with Crippen molar-refractivity contribution >= 4 is 6.03 Å². The molecule has 1 aromatic heterocycles. The van der Waals surface area contributed by atoms with E-state index in [1.807, 2.05) is 13.0 Å². The minimum Gasteiger partial charge on any atom is -0.320 e. The maximum atomic E-state index is 13.7. The molecule has 0 aliphatic carbocycles. The van der Waals surface area contributed by atoms with Gasteiger partial charge in [0.2, 0.25) is 0 Å². The van der Waals surface area contributed by atoms with Crippen LogP contribution in [0.3, 0.4) is 0 Å². The Morgan fingerprint density at radius 3 is 2.59 bits per heavy atom. The third-order valence-corrected chi connectivity index (χ3v) is 3.90. The molecule has 0 spiro atoms. The predicted molar refractivity (Wildman–Crippen MR) is 81.0 cm³/mol. The number of amides is 1. The van der Waals surface area contributed by atoms with Crippen LogP contribution in [0.25, 0.3) is 0 Å². The Hall–Kier alpha value is -2.21. The summed E-state index contributed by atoms with van der Waals surface area (Å²) in [7, 11) is 0. The molecule has 2 aromatic rings. The summed E-state index contributed by atoms with van der Waals surface area (Å²) in [5.41, 5.74) is 1.66. The van der Waals surface area contributed by atoms with Gasteiger partial charge in [-0.25, -0.2) is 9.18 Å². The van der Waals surface area contributed by atoms with Gasteiger partial charge in [0, 0.05) is 44.5 Å². The van der Waals surface area contributed by atoms with Crippen molar-refractivity contribution in [1.82, 2.24) is 19.6 Å². The van der Waals surface area contributed by atoms with Gasteiger partial charge in [0.1, 0.15) is 5.82 Å². The number of halogens is 1. The number of aryl methyl sites for hydroxylation is 1. The summed E-state index contributed by atoms with van der Waals surface area (Å²) < 4.78 is 15.0. The van der Waals surface area contributed by atoms with Crippen LogP contribution < -0.4 is 0 Å². The first-order chi connectivity index (χ1) is 10.6. The number of nitrogens with zero attached hydrogens (tertiary/aromatic N) is 4. The zero-order valence-electron chi connectivity index (χ0n) is 12.6. The van der Waals surface area contributed by atoms with E-state index < -0.39 is 0 Å². The van der Waals surface area contributed by atoms with Gasteiger partial charge in [-0.3, -0.25) is 4.90 Å². The van der Waals surface area contributed by atoms with Crippen LogP contribution in [-0.2, 0) is 6.54 Å². The highest BCUT2D eigenvalue weighted by Crippen LogP contribution is 2.12. The normalized spacial score (nSPS) is 16.0. The van der Waals surface area contributed by atoms with E-state index >= 15 is 0 Å². The van der Waals surface area contributed by atoms with Gasteiger partial charge in [-0.1, -0.05) is 18.2 Å². The number of benzene rings is 1. The van der Waals surface area contributed by atoms with Crippen LogP contribution in [0.5, 0.6) is 0 Å². The second kappa shape index (κ2) is 6.27. The summed E-state index contributed by atoms with van der Waals surface area (Å²) in [6, 6.07) is 6.73. The first-order valence-electron chi connectivity index (χ1n) is 7.40. The van der Waals surface area contributed by atoms with Gasteiger partial charge in [0.05, 0.1) is 6.20 Å². The van der Waals surface area contributed by atoms with E-state index in [1.165, 1.54) is 10.7 Å². The lowest BCUT2D eigenvalue weighted by molar-refractivity contribution is 0.133. The van der Waals surface area contributed by atoms with E-state index in [2.05, 4.69) is 10.00 Å². The monoisotopic (exact) mass is 302 g/mol. The lowest BCUT2D eigenvalue weighted by Gasteiger charge is -2.34. The summed E-state index contributed by atoms with van der Waals surface area (Å²) in [5, 5.41) is 4.05. The van der Waals surface area contributed by atoms with Crippen LogP contribution in [0, 0.1) is 12.7 Å². The average molecular weight is 302 g/mol. The van der Waals surface area contributed by atoms with Crippen LogP contribution in [0.4, 0.5) is 9.18 Å². The number of carbonyl (C=O) groups excluding carboxylic acids is 1. The molecule has 0 bridgehead atoms. The highest BCUT2D eigenvalue weighted by atomic mass is 19.1. The lowest BCUT2D eigenvalue weighted by Crippen LogP contribution is -2.49. The Labute approximate surface area is 128 Å². The molecule has 1 aliphatic rings. The first kappa shape index (κ1) is 14.7. The Balaban J connectivity index is 1.56. The third-order valence-electron chi connectivity index (χ3n) is 3.90. The van der Waals surface area contributed by atoms with Crippen LogP contribution in [-0.4, -0.2) is 51.8 Å². The molecule has 0 N–H and O–H groups in total. The molecule has 116 valence electrons.